The number of phosphoric ester groups is 2. The van der Waals surface area contributed by atoms with E-state index in [2.05, 4.69) is 41.5 Å². The minimum absolute atomic E-state index is 0.107. The minimum Gasteiger partial charge on any atom is -0.462 e. The molecule has 0 aliphatic carbocycles. The molecule has 0 aromatic heterocycles. The number of ether oxygens (including phenoxy) is 4. The van der Waals surface area contributed by atoms with Crippen molar-refractivity contribution >= 4 is 39.5 Å². The van der Waals surface area contributed by atoms with E-state index in [9.17, 15) is 43.2 Å². The van der Waals surface area contributed by atoms with E-state index in [0.717, 1.165) is 102 Å². The number of carbonyl (C=O) groups excluding carboxylic acids is 4. The summed E-state index contributed by atoms with van der Waals surface area (Å²) in [6.07, 6.45) is 70.7. The number of unbranched alkanes of at least 4 members (excludes halogenated alkanes) is 55. The fourth-order valence-corrected chi connectivity index (χ4v) is 15.1. The zero-order valence-electron chi connectivity index (χ0n) is 69.7. The van der Waals surface area contributed by atoms with Gasteiger partial charge in [0.2, 0.25) is 0 Å². The van der Waals surface area contributed by atoms with Gasteiger partial charge in [0.25, 0.3) is 0 Å². The van der Waals surface area contributed by atoms with Crippen molar-refractivity contribution in [3.05, 3.63) is 0 Å². The predicted octanol–water partition coefficient (Wildman–Crippen LogP) is 26.6. The Kier molecular flexibility index (Phi) is 76.9. The number of esters is 4. The van der Waals surface area contributed by atoms with Crippen LogP contribution in [-0.2, 0) is 65.4 Å². The molecule has 106 heavy (non-hydrogen) atoms. The van der Waals surface area contributed by atoms with Gasteiger partial charge in [0, 0.05) is 25.7 Å². The van der Waals surface area contributed by atoms with E-state index < -0.39 is 97.5 Å². The van der Waals surface area contributed by atoms with Gasteiger partial charge >= 0.3 is 39.5 Å². The average Bonchev–Trinajstić information content (AvgIpc) is 0.904. The average molecular weight is 1550 g/mol. The maximum atomic E-state index is 13.2. The number of aliphatic hydroxyl groups excluding tert-OH is 1. The second-order valence-corrected chi connectivity index (χ2v) is 34.9. The van der Waals surface area contributed by atoms with Crippen molar-refractivity contribution < 1.29 is 80.2 Å². The lowest BCUT2D eigenvalue weighted by Crippen LogP contribution is -2.30. The molecular weight excluding hydrogens is 1380 g/mol. The van der Waals surface area contributed by atoms with Crippen molar-refractivity contribution in [1.29, 1.82) is 0 Å². The van der Waals surface area contributed by atoms with E-state index in [-0.39, 0.29) is 25.7 Å². The quantitative estimate of drug-likeness (QED) is 0.0222. The van der Waals surface area contributed by atoms with Crippen molar-refractivity contribution in [2.24, 2.45) is 11.8 Å². The summed E-state index contributed by atoms with van der Waals surface area (Å²) < 4.78 is 69.0. The molecule has 630 valence electrons. The second kappa shape index (κ2) is 78.3. The maximum Gasteiger partial charge on any atom is 0.472 e. The largest absolute Gasteiger partial charge is 0.472 e. The normalized spacial score (nSPS) is 14.1. The van der Waals surface area contributed by atoms with Gasteiger partial charge in [0.15, 0.2) is 12.2 Å². The first-order chi connectivity index (χ1) is 51.4. The van der Waals surface area contributed by atoms with Gasteiger partial charge in [0.05, 0.1) is 26.4 Å². The van der Waals surface area contributed by atoms with Gasteiger partial charge in [-0.25, -0.2) is 9.13 Å². The highest BCUT2D eigenvalue weighted by Crippen LogP contribution is 2.45. The van der Waals surface area contributed by atoms with E-state index in [0.29, 0.717) is 25.7 Å². The summed E-state index contributed by atoms with van der Waals surface area (Å²) in [5.41, 5.74) is 0. The molecule has 0 fully saturated rings. The third kappa shape index (κ3) is 78.7. The summed E-state index contributed by atoms with van der Waals surface area (Å²) in [5.74, 6) is -0.490. The standard InChI is InChI=1S/C87H170O17P2/c1-7-10-12-14-16-18-20-22-23-24-25-26-27-28-31-36-40-47-53-59-65-71-86(91)103-82(75-98-85(90)70-64-58-52-46-39-35-32-29-30-34-37-43-49-55-61-67-79(4)5)77-101-105(93,94)99-73-81(88)74-100-106(95,96)102-78-83(76-97-84(89)69-63-57-51-45-38-33-21-19-17-15-13-11-8-2)104-87(92)72-66-60-54-48-42-41-44-50-56-62-68-80(6)9-3/h79-83,88H,7-78H2,1-6H3,(H,93,94)(H,95,96)/t80?,81-,82-,83-/m1/s1. The Morgan fingerprint density at radius 1 is 0.274 bits per heavy atom. The molecule has 0 amide bonds. The van der Waals surface area contributed by atoms with Crippen LogP contribution < -0.4 is 0 Å². The lowest BCUT2D eigenvalue weighted by atomic mass is 9.99. The second-order valence-electron chi connectivity index (χ2n) is 32.0. The topological polar surface area (TPSA) is 237 Å². The van der Waals surface area contributed by atoms with Crippen molar-refractivity contribution in [3.8, 4) is 0 Å². The Morgan fingerprint density at radius 2 is 0.481 bits per heavy atom. The first-order valence-corrected chi connectivity index (χ1v) is 48.0. The monoisotopic (exact) mass is 1550 g/mol. The van der Waals surface area contributed by atoms with Crippen LogP contribution in [0.5, 0.6) is 0 Å². The van der Waals surface area contributed by atoms with Crippen LogP contribution >= 0.6 is 15.6 Å². The molecule has 3 unspecified atom stereocenters. The van der Waals surface area contributed by atoms with Crippen molar-refractivity contribution in [1.82, 2.24) is 0 Å². The van der Waals surface area contributed by atoms with Crippen LogP contribution in [0.3, 0.4) is 0 Å². The fourth-order valence-electron chi connectivity index (χ4n) is 13.6. The molecule has 6 atom stereocenters. The molecule has 0 aliphatic rings. The van der Waals surface area contributed by atoms with Gasteiger partial charge in [-0.3, -0.25) is 37.3 Å². The molecule has 0 radical (unpaired) electrons. The van der Waals surface area contributed by atoms with E-state index in [4.69, 9.17) is 37.0 Å². The predicted molar refractivity (Wildman–Crippen MR) is 437 cm³/mol. The summed E-state index contributed by atoms with van der Waals surface area (Å²) in [5, 5.41) is 10.7. The molecule has 0 bridgehead atoms. The molecule has 0 aromatic rings. The number of carbonyl (C=O) groups is 4. The number of aliphatic hydroxyl groups is 1. The summed E-state index contributed by atoms with van der Waals surface area (Å²) in [7, 11) is -9.93. The smallest absolute Gasteiger partial charge is 0.462 e. The third-order valence-electron chi connectivity index (χ3n) is 20.8. The fraction of sp³-hybridized carbons (Fsp3) is 0.954. The molecule has 0 saturated carbocycles. The Morgan fingerprint density at radius 3 is 0.717 bits per heavy atom. The van der Waals surface area contributed by atoms with Gasteiger partial charge in [-0.05, 0) is 37.5 Å². The lowest BCUT2D eigenvalue weighted by molar-refractivity contribution is -0.161. The minimum atomic E-state index is -4.97. The number of hydrogen-bond donors (Lipinski definition) is 3. The van der Waals surface area contributed by atoms with Gasteiger partial charge in [-0.2, -0.15) is 0 Å². The maximum absolute atomic E-state index is 13.2. The van der Waals surface area contributed by atoms with Gasteiger partial charge in [0.1, 0.15) is 19.3 Å². The zero-order chi connectivity index (χ0) is 77.8. The van der Waals surface area contributed by atoms with Crippen molar-refractivity contribution in [2.45, 2.75) is 484 Å². The number of hydrogen-bond acceptors (Lipinski definition) is 15. The molecule has 3 N–H and O–H groups in total. The van der Waals surface area contributed by atoms with E-state index in [1.165, 1.54) is 283 Å². The van der Waals surface area contributed by atoms with Crippen molar-refractivity contribution in [2.75, 3.05) is 39.6 Å². The SMILES string of the molecule is CCCCCCCCCCCCCCCCCCCCCCCC(=O)O[C@H](COC(=O)CCCCCCCCCCCCCCCCCC(C)C)COP(=O)(O)OC[C@@H](O)COP(=O)(O)OC[C@@H](COC(=O)CCCCCCCCCCCCCCC)OC(=O)CCCCCCCCCCCCC(C)CC. The highest BCUT2D eigenvalue weighted by molar-refractivity contribution is 7.47. The molecule has 0 rings (SSSR count). The first-order valence-electron chi connectivity index (χ1n) is 45.0. The molecule has 0 aromatic carbocycles. The molecule has 17 nitrogen and oxygen atoms in total. The van der Waals surface area contributed by atoms with Crippen molar-refractivity contribution in [3.63, 3.8) is 0 Å². The highest BCUT2D eigenvalue weighted by Gasteiger charge is 2.30. The molecule has 0 spiro atoms. The highest BCUT2D eigenvalue weighted by atomic mass is 31.2. The molecule has 0 saturated heterocycles. The van der Waals surface area contributed by atoms with Crippen LogP contribution in [0.4, 0.5) is 0 Å². The van der Waals surface area contributed by atoms with Crippen LogP contribution in [0.1, 0.15) is 465 Å². The summed E-state index contributed by atoms with van der Waals surface area (Å²) >= 11 is 0. The zero-order valence-corrected chi connectivity index (χ0v) is 71.5. The molecule has 0 aliphatic heterocycles. The Labute approximate surface area is 651 Å². The Balaban J connectivity index is 5.25. The molecule has 0 heterocycles. The van der Waals surface area contributed by atoms with Crippen LogP contribution in [0, 0.1) is 11.8 Å². The third-order valence-corrected chi connectivity index (χ3v) is 22.7. The Bertz CT molecular complexity index is 2030. The first kappa shape index (κ1) is 104. The van der Waals surface area contributed by atoms with Gasteiger partial charge in [-0.1, -0.05) is 414 Å². The van der Waals surface area contributed by atoms with Crippen LogP contribution in [0.15, 0.2) is 0 Å². The summed E-state index contributed by atoms with van der Waals surface area (Å²) in [6, 6.07) is 0. The van der Waals surface area contributed by atoms with E-state index in [1.807, 2.05) is 0 Å². The number of phosphoric acid groups is 2. The number of rotatable bonds is 86. The lowest BCUT2D eigenvalue weighted by Gasteiger charge is -2.21. The Hall–Kier alpha value is -1.94. The van der Waals surface area contributed by atoms with Crippen LogP contribution in [-0.4, -0.2) is 96.7 Å². The van der Waals surface area contributed by atoms with Crippen LogP contribution in [0.2, 0.25) is 0 Å². The summed E-state index contributed by atoms with van der Waals surface area (Å²) in [6.45, 7) is 9.73. The van der Waals surface area contributed by atoms with E-state index >= 15 is 0 Å². The van der Waals surface area contributed by atoms with Gasteiger partial charge < -0.3 is 33.8 Å². The van der Waals surface area contributed by atoms with Gasteiger partial charge in [-0.15, -0.1) is 0 Å². The summed E-state index contributed by atoms with van der Waals surface area (Å²) in [4.78, 5) is 73.3. The van der Waals surface area contributed by atoms with Crippen LogP contribution in [0.25, 0.3) is 0 Å². The molecular formula is C87H170O17P2. The molecule has 19 heteroatoms. The van der Waals surface area contributed by atoms with E-state index in [1.54, 1.807) is 0 Å².